The van der Waals surface area contributed by atoms with Crippen molar-refractivity contribution in [2.75, 3.05) is 5.32 Å². The van der Waals surface area contributed by atoms with Crippen LogP contribution in [-0.4, -0.2) is 10.9 Å². The van der Waals surface area contributed by atoms with Crippen LogP contribution in [0.4, 0.5) is 18.9 Å². The molecule has 3 rings (SSSR count). The molecular weight excluding hydrogens is 333 g/mol. The maximum Gasteiger partial charge on any atom is 0.251 e. The van der Waals surface area contributed by atoms with Gasteiger partial charge >= 0.3 is 0 Å². The number of aromatic nitrogens is 1. The molecule has 7 heteroatoms. The molecule has 0 saturated carbocycles. The Balaban J connectivity index is 1.74. The van der Waals surface area contributed by atoms with Crippen molar-refractivity contribution in [1.29, 1.82) is 0 Å². The Kier molecular flexibility index (Phi) is 4.56. The fourth-order valence-electron chi connectivity index (χ4n) is 2.47. The third kappa shape index (κ3) is 3.71. The molecule has 0 aliphatic rings. The van der Waals surface area contributed by atoms with Gasteiger partial charge in [0.25, 0.3) is 5.56 Å². The number of anilines is 1. The van der Waals surface area contributed by atoms with Gasteiger partial charge in [-0.1, -0.05) is 6.07 Å². The monoisotopic (exact) mass is 346 g/mol. The standard InChI is InChI=1S/C18H13F3N2O2/c19-12-6-4-10-8-11(18(25)22-15(10)9-12)5-7-16(24)23-17-13(20)2-1-3-14(17)21/h1-4,6,8-9H,5,7H2,(H,22,25)(H,23,24). The first-order valence-corrected chi connectivity index (χ1v) is 7.49. The van der Waals surface area contributed by atoms with Gasteiger partial charge in [-0.05, 0) is 48.2 Å². The molecule has 0 aliphatic carbocycles. The van der Waals surface area contributed by atoms with E-state index in [1.54, 1.807) is 6.07 Å². The van der Waals surface area contributed by atoms with Crippen LogP contribution in [0.2, 0.25) is 0 Å². The lowest BCUT2D eigenvalue weighted by atomic mass is 10.1. The highest BCUT2D eigenvalue weighted by atomic mass is 19.1. The summed E-state index contributed by atoms with van der Waals surface area (Å²) in [6.07, 6.45) is -0.0614. The highest BCUT2D eigenvalue weighted by Gasteiger charge is 2.13. The molecule has 1 heterocycles. The summed E-state index contributed by atoms with van der Waals surface area (Å²) in [5.74, 6) is -2.84. The predicted octanol–water partition coefficient (Wildman–Crippen LogP) is 3.52. The first-order valence-electron chi connectivity index (χ1n) is 7.49. The quantitative estimate of drug-likeness (QED) is 0.759. The van der Waals surface area contributed by atoms with Crippen molar-refractivity contribution in [1.82, 2.24) is 4.98 Å². The number of carbonyl (C=O) groups excluding carboxylic acids is 1. The lowest BCUT2D eigenvalue weighted by Crippen LogP contribution is -2.18. The van der Waals surface area contributed by atoms with Gasteiger partial charge in [0.15, 0.2) is 0 Å². The van der Waals surface area contributed by atoms with Crippen molar-refractivity contribution in [3.05, 3.63) is 75.8 Å². The van der Waals surface area contributed by atoms with Gasteiger partial charge in [0.1, 0.15) is 23.1 Å². The highest BCUT2D eigenvalue weighted by Crippen LogP contribution is 2.18. The summed E-state index contributed by atoms with van der Waals surface area (Å²) in [4.78, 5) is 26.4. The van der Waals surface area contributed by atoms with Crippen molar-refractivity contribution in [3.63, 3.8) is 0 Å². The second kappa shape index (κ2) is 6.80. The van der Waals surface area contributed by atoms with Crippen LogP contribution in [0.5, 0.6) is 0 Å². The van der Waals surface area contributed by atoms with Gasteiger partial charge in [-0.25, -0.2) is 13.2 Å². The first-order chi connectivity index (χ1) is 11.9. The number of benzene rings is 2. The number of rotatable bonds is 4. The molecule has 128 valence electrons. The minimum absolute atomic E-state index is 0.0740. The van der Waals surface area contributed by atoms with E-state index >= 15 is 0 Å². The lowest BCUT2D eigenvalue weighted by Gasteiger charge is -2.08. The number of amides is 1. The zero-order valence-electron chi connectivity index (χ0n) is 12.9. The van der Waals surface area contributed by atoms with Crippen LogP contribution in [0.3, 0.4) is 0 Å². The normalized spacial score (nSPS) is 10.8. The largest absolute Gasteiger partial charge is 0.322 e. The van der Waals surface area contributed by atoms with E-state index in [1.807, 2.05) is 0 Å². The van der Waals surface area contributed by atoms with Crippen LogP contribution in [0.15, 0.2) is 47.3 Å². The highest BCUT2D eigenvalue weighted by molar-refractivity contribution is 5.91. The van der Waals surface area contributed by atoms with E-state index in [-0.39, 0.29) is 12.8 Å². The number of H-pyrrole nitrogens is 1. The van der Waals surface area contributed by atoms with Crippen molar-refractivity contribution in [2.45, 2.75) is 12.8 Å². The van der Waals surface area contributed by atoms with Gasteiger partial charge in [-0.15, -0.1) is 0 Å². The van der Waals surface area contributed by atoms with Crippen molar-refractivity contribution < 1.29 is 18.0 Å². The third-order valence-electron chi connectivity index (χ3n) is 3.73. The summed E-state index contributed by atoms with van der Waals surface area (Å²) < 4.78 is 40.2. The Bertz CT molecular complexity index is 995. The summed E-state index contributed by atoms with van der Waals surface area (Å²) in [6.45, 7) is 0. The van der Waals surface area contributed by atoms with Crippen LogP contribution in [0, 0.1) is 17.5 Å². The number of hydrogen-bond donors (Lipinski definition) is 2. The molecule has 1 aromatic heterocycles. The Morgan fingerprint density at radius 2 is 1.76 bits per heavy atom. The second-order valence-corrected chi connectivity index (χ2v) is 5.50. The number of halogens is 3. The van der Waals surface area contributed by atoms with E-state index < -0.39 is 34.6 Å². The summed E-state index contributed by atoms with van der Waals surface area (Å²) in [5, 5.41) is 2.78. The molecule has 0 bridgehead atoms. The van der Waals surface area contributed by atoms with Gasteiger partial charge in [-0.2, -0.15) is 0 Å². The van der Waals surface area contributed by atoms with Crippen molar-refractivity contribution in [2.24, 2.45) is 0 Å². The summed E-state index contributed by atoms with van der Waals surface area (Å²) in [7, 11) is 0. The zero-order chi connectivity index (χ0) is 18.0. The number of pyridine rings is 1. The van der Waals surface area contributed by atoms with Gasteiger partial charge in [0, 0.05) is 12.0 Å². The minimum Gasteiger partial charge on any atom is -0.322 e. The molecule has 0 fully saturated rings. The lowest BCUT2D eigenvalue weighted by molar-refractivity contribution is -0.116. The molecule has 4 nitrogen and oxygen atoms in total. The van der Waals surface area contributed by atoms with E-state index in [1.165, 1.54) is 24.3 Å². The molecule has 1 amide bonds. The van der Waals surface area contributed by atoms with Crippen LogP contribution in [0.1, 0.15) is 12.0 Å². The van der Waals surface area contributed by atoms with E-state index in [0.717, 1.165) is 12.1 Å². The Hall–Kier alpha value is -3.09. The Labute approximate surface area is 140 Å². The number of fused-ring (bicyclic) bond motifs is 1. The van der Waals surface area contributed by atoms with E-state index in [2.05, 4.69) is 10.3 Å². The first kappa shape index (κ1) is 16.8. The van der Waals surface area contributed by atoms with E-state index in [0.29, 0.717) is 16.5 Å². The van der Waals surface area contributed by atoms with Gasteiger partial charge in [0.2, 0.25) is 5.91 Å². The molecule has 0 saturated heterocycles. The smallest absolute Gasteiger partial charge is 0.251 e. The zero-order valence-corrected chi connectivity index (χ0v) is 12.9. The SMILES string of the molecule is O=C(CCc1cc2ccc(F)cc2[nH]c1=O)Nc1c(F)cccc1F. The number of para-hydroxylation sites is 1. The molecule has 0 aliphatic heterocycles. The number of hydrogen-bond acceptors (Lipinski definition) is 2. The second-order valence-electron chi connectivity index (χ2n) is 5.50. The summed E-state index contributed by atoms with van der Waals surface area (Å²) >= 11 is 0. The third-order valence-corrected chi connectivity index (χ3v) is 3.73. The van der Waals surface area contributed by atoms with Crippen LogP contribution < -0.4 is 10.9 Å². The molecule has 0 radical (unpaired) electrons. The molecule has 0 unspecified atom stereocenters. The summed E-state index contributed by atoms with van der Waals surface area (Å²) in [5.41, 5.74) is -0.284. The van der Waals surface area contributed by atoms with Gasteiger partial charge in [-0.3, -0.25) is 9.59 Å². The molecule has 0 atom stereocenters. The van der Waals surface area contributed by atoms with Gasteiger partial charge < -0.3 is 10.3 Å². The van der Waals surface area contributed by atoms with Crippen LogP contribution in [0.25, 0.3) is 10.9 Å². The predicted molar refractivity (Wildman–Crippen MR) is 87.8 cm³/mol. The van der Waals surface area contributed by atoms with Gasteiger partial charge in [0.05, 0.1) is 5.52 Å². The average Bonchev–Trinajstić information content (AvgIpc) is 2.56. The van der Waals surface area contributed by atoms with Crippen LogP contribution >= 0.6 is 0 Å². The molecule has 2 N–H and O–H groups in total. The maximum atomic E-state index is 13.5. The summed E-state index contributed by atoms with van der Waals surface area (Å²) in [6, 6.07) is 8.80. The molecule has 2 aromatic carbocycles. The Morgan fingerprint density at radius 1 is 1.04 bits per heavy atom. The fraction of sp³-hybridized carbons (Fsp3) is 0.111. The maximum absolute atomic E-state index is 13.5. The number of aryl methyl sites for hydroxylation is 1. The van der Waals surface area contributed by atoms with Crippen LogP contribution in [-0.2, 0) is 11.2 Å². The molecule has 25 heavy (non-hydrogen) atoms. The van der Waals surface area contributed by atoms with Crippen molar-refractivity contribution >= 4 is 22.5 Å². The minimum atomic E-state index is -0.876. The number of carbonyl (C=O) groups is 1. The molecule has 3 aromatic rings. The number of aromatic amines is 1. The Morgan fingerprint density at radius 3 is 2.48 bits per heavy atom. The fourth-order valence-corrected chi connectivity index (χ4v) is 2.47. The van der Waals surface area contributed by atoms with Crippen molar-refractivity contribution in [3.8, 4) is 0 Å². The molecule has 0 spiro atoms. The van der Waals surface area contributed by atoms with E-state index in [4.69, 9.17) is 0 Å². The average molecular weight is 346 g/mol. The topological polar surface area (TPSA) is 62.0 Å². The molecular formula is C18H13F3N2O2. The van der Waals surface area contributed by atoms with E-state index in [9.17, 15) is 22.8 Å². The number of nitrogens with one attached hydrogen (secondary N) is 2.